The minimum atomic E-state index is -6.52. The predicted octanol–water partition coefficient (Wildman–Crippen LogP) is 3.48. The van der Waals surface area contributed by atoms with Crippen LogP contribution < -0.4 is 5.73 Å². The summed E-state index contributed by atoms with van der Waals surface area (Å²) in [6.45, 7) is 1.30. The van der Waals surface area contributed by atoms with E-state index in [2.05, 4.69) is 0 Å². The first-order valence-corrected chi connectivity index (χ1v) is 6.07. The van der Waals surface area contributed by atoms with Crippen LogP contribution in [0.5, 0.6) is 0 Å². The Morgan fingerprint density at radius 3 is 1.95 bits per heavy atom. The Morgan fingerprint density at radius 2 is 1.55 bits per heavy atom. The third-order valence-corrected chi connectivity index (χ3v) is 3.81. The standard InChI is InChI=1S/C10H8F7NOS/c1-5-4-6(2-3-7(5)18)20(19)10(16,17)8(11,12)9(13,14)15/h2-4H,18H2,1H3. The van der Waals surface area contributed by atoms with Gasteiger partial charge in [0.15, 0.2) is 4.90 Å². The van der Waals surface area contributed by atoms with E-state index in [9.17, 15) is 35.3 Å². The van der Waals surface area contributed by atoms with Crippen molar-refractivity contribution >= 4 is 16.9 Å². The summed E-state index contributed by atoms with van der Waals surface area (Å²) in [6.07, 6.45) is -6.52. The number of nitrogens with two attached hydrogens (primary N) is 1. The van der Waals surface area contributed by atoms with E-state index in [4.69, 9.17) is 5.73 Å². The Morgan fingerprint density at radius 1 is 1.05 bits per heavy atom. The molecule has 0 amide bonds. The van der Waals surface area contributed by atoms with Crippen molar-refractivity contribution in [3.8, 4) is 0 Å². The molecule has 0 aromatic heterocycles. The number of nitrogen functional groups attached to an aromatic ring is 1. The summed E-state index contributed by atoms with van der Waals surface area (Å²) in [7, 11) is 0. The maximum atomic E-state index is 13.2. The van der Waals surface area contributed by atoms with Crippen LogP contribution in [0.15, 0.2) is 23.1 Å². The van der Waals surface area contributed by atoms with Gasteiger partial charge in [-0.25, -0.2) is 0 Å². The van der Waals surface area contributed by atoms with E-state index in [1.54, 1.807) is 0 Å². The van der Waals surface area contributed by atoms with Gasteiger partial charge < -0.3 is 10.3 Å². The fourth-order valence-electron chi connectivity index (χ4n) is 1.19. The topological polar surface area (TPSA) is 49.1 Å². The number of hydrogen-bond donors (Lipinski definition) is 1. The van der Waals surface area contributed by atoms with Gasteiger partial charge in [0.25, 0.3) is 0 Å². The minimum Gasteiger partial charge on any atom is -0.607 e. The SMILES string of the molecule is Cc1cc([S+]([O-])C(F)(F)C(F)(F)C(F)(F)F)ccc1N. The molecule has 0 saturated carbocycles. The van der Waals surface area contributed by atoms with E-state index >= 15 is 0 Å². The van der Waals surface area contributed by atoms with Crippen molar-refractivity contribution in [2.75, 3.05) is 5.73 Å². The van der Waals surface area contributed by atoms with Gasteiger partial charge >= 0.3 is 17.4 Å². The highest BCUT2D eigenvalue weighted by atomic mass is 32.2. The highest BCUT2D eigenvalue weighted by Gasteiger charge is 2.80. The van der Waals surface area contributed by atoms with Crippen LogP contribution in [0.1, 0.15) is 5.56 Å². The van der Waals surface area contributed by atoms with Crippen LogP contribution in [0.3, 0.4) is 0 Å². The van der Waals surface area contributed by atoms with Crippen LogP contribution in [-0.4, -0.2) is 21.9 Å². The van der Waals surface area contributed by atoms with Crippen molar-refractivity contribution < 1.29 is 35.3 Å². The Hall–Kier alpha value is -1.16. The lowest BCUT2D eigenvalue weighted by molar-refractivity contribution is -0.332. The molecule has 114 valence electrons. The highest BCUT2D eigenvalue weighted by molar-refractivity contribution is 7.92. The second-order valence-electron chi connectivity index (χ2n) is 3.88. The van der Waals surface area contributed by atoms with Gasteiger partial charge in [-0.3, -0.25) is 0 Å². The maximum Gasteiger partial charge on any atom is 0.486 e. The molecule has 0 heterocycles. The fourth-order valence-corrected chi connectivity index (χ4v) is 2.31. The summed E-state index contributed by atoms with van der Waals surface area (Å²) in [4.78, 5) is -0.870. The average molecular weight is 323 g/mol. The lowest BCUT2D eigenvalue weighted by Crippen LogP contribution is -2.55. The van der Waals surface area contributed by atoms with Crippen LogP contribution >= 0.6 is 0 Å². The molecule has 0 fully saturated rings. The molecule has 0 aliphatic carbocycles. The maximum absolute atomic E-state index is 13.2. The first kappa shape index (κ1) is 16.9. The summed E-state index contributed by atoms with van der Waals surface area (Å²) in [6, 6.07) is 2.47. The molecular formula is C10H8F7NOS. The second kappa shape index (κ2) is 4.99. The van der Waals surface area contributed by atoms with Gasteiger partial charge in [-0.2, -0.15) is 22.0 Å². The van der Waals surface area contributed by atoms with Crippen molar-refractivity contribution in [1.29, 1.82) is 0 Å². The second-order valence-corrected chi connectivity index (χ2v) is 5.40. The van der Waals surface area contributed by atoms with Crippen LogP contribution in [-0.2, 0) is 11.2 Å². The summed E-state index contributed by atoms with van der Waals surface area (Å²) in [5.41, 5.74) is 5.56. The van der Waals surface area contributed by atoms with Crippen molar-refractivity contribution in [3.63, 3.8) is 0 Å². The predicted molar refractivity (Wildman–Crippen MR) is 57.9 cm³/mol. The molecule has 0 radical (unpaired) electrons. The van der Waals surface area contributed by atoms with Crippen molar-refractivity contribution in [2.45, 2.75) is 29.2 Å². The van der Waals surface area contributed by atoms with Crippen molar-refractivity contribution in [1.82, 2.24) is 0 Å². The summed E-state index contributed by atoms with van der Waals surface area (Å²) < 4.78 is 99.1. The molecule has 20 heavy (non-hydrogen) atoms. The van der Waals surface area contributed by atoms with Crippen LogP contribution in [0.25, 0.3) is 0 Å². The molecule has 1 aromatic rings. The number of hydrogen-bond acceptors (Lipinski definition) is 2. The Kier molecular flexibility index (Phi) is 4.22. The van der Waals surface area contributed by atoms with Crippen molar-refractivity contribution in [2.24, 2.45) is 0 Å². The van der Waals surface area contributed by atoms with Crippen LogP contribution in [0.2, 0.25) is 0 Å². The number of benzene rings is 1. The van der Waals surface area contributed by atoms with E-state index in [1.165, 1.54) is 6.92 Å². The average Bonchev–Trinajstić information content (AvgIpc) is 2.30. The largest absolute Gasteiger partial charge is 0.607 e. The molecule has 2 nitrogen and oxygen atoms in total. The van der Waals surface area contributed by atoms with E-state index in [-0.39, 0.29) is 11.3 Å². The fraction of sp³-hybridized carbons (Fsp3) is 0.400. The van der Waals surface area contributed by atoms with Gasteiger partial charge in [-0.1, -0.05) is 0 Å². The summed E-state index contributed by atoms with van der Waals surface area (Å²) in [5, 5.41) is -5.80. The molecule has 1 unspecified atom stereocenters. The molecule has 0 aliphatic rings. The zero-order valence-electron chi connectivity index (χ0n) is 9.77. The first-order valence-electron chi connectivity index (χ1n) is 4.92. The Labute approximate surface area is 111 Å². The lowest BCUT2D eigenvalue weighted by atomic mass is 10.2. The molecule has 1 rings (SSSR count). The van der Waals surface area contributed by atoms with Crippen molar-refractivity contribution in [3.05, 3.63) is 23.8 Å². The summed E-state index contributed by atoms with van der Waals surface area (Å²) in [5.74, 6) is -6.42. The normalized spacial score (nSPS) is 15.2. The first-order chi connectivity index (χ1) is 8.82. The minimum absolute atomic E-state index is 0.0941. The van der Waals surface area contributed by atoms with Gasteiger partial charge in [0, 0.05) is 5.69 Å². The van der Waals surface area contributed by atoms with Crippen LogP contribution in [0.4, 0.5) is 36.4 Å². The number of anilines is 1. The molecule has 0 aliphatic heterocycles. The van der Waals surface area contributed by atoms with Gasteiger partial charge in [-0.15, -0.1) is 8.78 Å². The zero-order chi connectivity index (χ0) is 15.9. The number of halogens is 7. The van der Waals surface area contributed by atoms with E-state index in [0.29, 0.717) is 6.07 Å². The molecule has 1 aromatic carbocycles. The molecule has 10 heteroatoms. The molecule has 2 N–H and O–H groups in total. The van der Waals surface area contributed by atoms with E-state index in [0.717, 1.165) is 12.1 Å². The lowest BCUT2D eigenvalue weighted by Gasteiger charge is -2.28. The van der Waals surface area contributed by atoms with Gasteiger partial charge in [0.1, 0.15) is 0 Å². The molecule has 0 bridgehead atoms. The Bertz CT molecular complexity index is 503. The molecular weight excluding hydrogens is 315 g/mol. The molecule has 0 saturated heterocycles. The van der Waals surface area contributed by atoms with Gasteiger partial charge in [0.05, 0.1) is 11.2 Å². The van der Waals surface area contributed by atoms with Gasteiger partial charge in [-0.05, 0) is 30.7 Å². The van der Waals surface area contributed by atoms with E-state index < -0.39 is 33.4 Å². The summed E-state index contributed by atoms with van der Waals surface area (Å²) >= 11 is -3.89. The number of rotatable bonds is 3. The smallest absolute Gasteiger partial charge is 0.486 e. The highest BCUT2D eigenvalue weighted by Crippen LogP contribution is 2.50. The third-order valence-electron chi connectivity index (χ3n) is 2.41. The molecule has 1 atom stereocenters. The van der Waals surface area contributed by atoms with E-state index in [1.807, 2.05) is 0 Å². The number of alkyl halides is 7. The monoisotopic (exact) mass is 323 g/mol. The number of aryl methyl sites for hydroxylation is 1. The van der Waals surface area contributed by atoms with Crippen LogP contribution in [0, 0.1) is 6.92 Å². The Balaban J connectivity index is 3.24. The molecule has 0 spiro atoms. The van der Waals surface area contributed by atoms with Gasteiger partial charge in [0.2, 0.25) is 0 Å². The third kappa shape index (κ3) is 2.66. The zero-order valence-corrected chi connectivity index (χ0v) is 10.6. The quantitative estimate of drug-likeness (QED) is 0.526.